The SMILES string of the molecule is O=C1/C(=C\C=C\c2sc3cc(C(F)(F)F)ccc3c2O)Sc2cc(C(F)(F)F)ccc21. The van der Waals surface area contributed by atoms with E-state index in [0.717, 1.165) is 53.4 Å². The second-order valence-corrected chi connectivity index (χ2v) is 8.72. The molecule has 1 aliphatic rings. The smallest absolute Gasteiger partial charge is 0.416 e. The average molecular weight is 472 g/mol. The van der Waals surface area contributed by atoms with Gasteiger partial charge in [-0.1, -0.05) is 17.8 Å². The summed E-state index contributed by atoms with van der Waals surface area (Å²) in [6, 6.07) is 5.91. The van der Waals surface area contributed by atoms with E-state index in [4.69, 9.17) is 0 Å². The van der Waals surface area contributed by atoms with Crippen molar-refractivity contribution in [1.82, 2.24) is 0 Å². The molecule has 2 nitrogen and oxygen atoms in total. The Morgan fingerprint density at radius 2 is 1.55 bits per heavy atom. The number of carbonyl (C=O) groups is 1. The quantitative estimate of drug-likeness (QED) is 0.309. The van der Waals surface area contributed by atoms with E-state index in [1.54, 1.807) is 0 Å². The number of carbonyl (C=O) groups excluding carboxylic acids is 1. The number of benzene rings is 2. The van der Waals surface area contributed by atoms with E-state index in [0.29, 0.717) is 4.88 Å². The Morgan fingerprint density at radius 1 is 0.903 bits per heavy atom. The highest BCUT2D eigenvalue weighted by Crippen LogP contribution is 2.44. The Morgan fingerprint density at radius 3 is 2.23 bits per heavy atom. The van der Waals surface area contributed by atoms with Crippen LogP contribution in [0, 0.1) is 0 Å². The third kappa shape index (κ3) is 4.09. The molecule has 1 aromatic heterocycles. The van der Waals surface area contributed by atoms with Gasteiger partial charge in [-0.05, 0) is 48.6 Å². The molecule has 31 heavy (non-hydrogen) atoms. The molecule has 0 saturated heterocycles. The molecule has 0 atom stereocenters. The fourth-order valence-electron chi connectivity index (χ4n) is 2.99. The number of thiophene rings is 1. The third-order valence-electron chi connectivity index (χ3n) is 4.51. The predicted molar refractivity (Wildman–Crippen MR) is 107 cm³/mol. The van der Waals surface area contributed by atoms with Gasteiger partial charge in [0.05, 0.1) is 20.9 Å². The summed E-state index contributed by atoms with van der Waals surface area (Å²) in [6.45, 7) is 0. The summed E-state index contributed by atoms with van der Waals surface area (Å²) in [7, 11) is 0. The predicted octanol–water partition coefficient (Wildman–Crippen LogP) is 7.53. The molecule has 2 aromatic carbocycles. The van der Waals surface area contributed by atoms with Crippen molar-refractivity contribution in [3.63, 3.8) is 0 Å². The van der Waals surface area contributed by atoms with Gasteiger partial charge < -0.3 is 5.11 Å². The van der Waals surface area contributed by atoms with Crippen LogP contribution >= 0.6 is 23.1 Å². The Labute approximate surface area is 179 Å². The first-order chi connectivity index (χ1) is 14.4. The zero-order chi connectivity index (χ0) is 22.6. The van der Waals surface area contributed by atoms with Crippen LogP contribution in [0.2, 0.25) is 0 Å². The fourth-order valence-corrected chi connectivity index (χ4v) is 5.09. The molecule has 0 saturated carbocycles. The van der Waals surface area contributed by atoms with Crippen LogP contribution in [0.25, 0.3) is 16.2 Å². The van der Waals surface area contributed by atoms with Gasteiger partial charge in [0.15, 0.2) is 0 Å². The van der Waals surface area contributed by atoms with E-state index >= 15 is 0 Å². The minimum Gasteiger partial charge on any atom is -0.506 e. The maximum absolute atomic E-state index is 12.9. The van der Waals surface area contributed by atoms with Crippen LogP contribution in [0.5, 0.6) is 5.75 Å². The lowest BCUT2D eigenvalue weighted by Gasteiger charge is -2.07. The zero-order valence-electron chi connectivity index (χ0n) is 15.1. The number of hydrogen-bond acceptors (Lipinski definition) is 4. The topological polar surface area (TPSA) is 37.3 Å². The summed E-state index contributed by atoms with van der Waals surface area (Å²) in [5.74, 6) is -0.611. The molecular weight excluding hydrogens is 462 g/mol. The van der Waals surface area contributed by atoms with Gasteiger partial charge in [-0.2, -0.15) is 26.3 Å². The van der Waals surface area contributed by atoms with Crippen molar-refractivity contribution in [1.29, 1.82) is 0 Å². The van der Waals surface area contributed by atoms with E-state index < -0.39 is 29.3 Å². The Bertz CT molecular complexity index is 1270. The van der Waals surface area contributed by atoms with Crippen molar-refractivity contribution in [2.45, 2.75) is 17.2 Å². The van der Waals surface area contributed by atoms with Gasteiger partial charge in [0, 0.05) is 20.5 Å². The summed E-state index contributed by atoms with van der Waals surface area (Å²) in [5, 5.41) is 10.5. The van der Waals surface area contributed by atoms with Crippen molar-refractivity contribution in [2.24, 2.45) is 0 Å². The third-order valence-corrected chi connectivity index (χ3v) is 6.72. The van der Waals surface area contributed by atoms with Crippen molar-refractivity contribution in [2.75, 3.05) is 0 Å². The number of thioether (sulfide) groups is 1. The van der Waals surface area contributed by atoms with Crippen molar-refractivity contribution >= 4 is 45.0 Å². The zero-order valence-corrected chi connectivity index (χ0v) is 16.8. The summed E-state index contributed by atoms with van der Waals surface area (Å²) in [6.07, 6.45) is -4.78. The Hall–Kier alpha value is -2.72. The number of hydrogen-bond donors (Lipinski definition) is 1. The first kappa shape index (κ1) is 21.5. The van der Waals surface area contributed by atoms with E-state index in [9.17, 15) is 36.2 Å². The van der Waals surface area contributed by atoms with Gasteiger partial charge in [-0.3, -0.25) is 4.79 Å². The molecule has 0 spiro atoms. The number of alkyl halides is 6. The average Bonchev–Trinajstić information content (AvgIpc) is 3.17. The molecule has 0 amide bonds. The van der Waals surface area contributed by atoms with Crippen LogP contribution in [-0.2, 0) is 12.4 Å². The molecule has 0 bridgehead atoms. The minimum absolute atomic E-state index is 0.169. The molecule has 1 N–H and O–H groups in total. The lowest BCUT2D eigenvalue weighted by molar-refractivity contribution is -0.138. The highest BCUT2D eigenvalue weighted by Gasteiger charge is 2.34. The molecule has 1 aliphatic heterocycles. The maximum atomic E-state index is 12.9. The second-order valence-electron chi connectivity index (χ2n) is 6.55. The summed E-state index contributed by atoms with van der Waals surface area (Å²) in [5.41, 5.74) is -1.51. The molecule has 0 unspecified atom stereocenters. The monoisotopic (exact) mass is 472 g/mol. The van der Waals surface area contributed by atoms with Crippen LogP contribution < -0.4 is 0 Å². The molecule has 2 heterocycles. The second kappa shape index (κ2) is 7.45. The molecule has 10 heteroatoms. The fraction of sp³-hybridized carbons (Fsp3) is 0.0952. The molecule has 0 aliphatic carbocycles. The Balaban J connectivity index is 1.60. The van der Waals surface area contributed by atoms with Gasteiger partial charge in [0.1, 0.15) is 5.75 Å². The lowest BCUT2D eigenvalue weighted by atomic mass is 10.1. The van der Waals surface area contributed by atoms with Crippen LogP contribution in [0.4, 0.5) is 26.3 Å². The molecule has 0 fully saturated rings. The number of allylic oxidation sites excluding steroid dienone is 3. The molecule has 0 radical (unpaired) electrons. The van der Waals surface area contributed by atoms with Gasteiger partial charge in [0.2, 0.25) is 5.78 Å². The first-order valence-electron chi connectivity index (χ1n) is 8.60. The van der Waals surface area contributed by atoms with Gasteiger partial charge in [-0.15, -0.1) is 11.3 Å². The van der Waals surface area contributed by atoms with Crippen molar-refractivity contribution < 1.29 is 36.2 Å². The number of fused-ring (bicyclic) bond motifs is 2. The van der Waals surface area contributed by atoms with E-state index in [-0.39, 0.29) is 31.2 Å². The van der Waals surface area contributed by atoms with E-state index in [1.165, 1.54) is 24.3 Å². The molecule has 4 rings (SSSR count). The van der Waals surface area contributed by atoms with Crippen LogP contribution in [-0.4, -0.2) is 10.9 Å². The van der Waals surface area contributed by atoms with Crippen LogP contribution in [0.3, 0.4) is 0 Å². The van der Waals surface area contributed by atoms with Crippen molar-refractivity contribution in [3.05, 3.63) is 75.0 Å². The number of aromatic hydroxyl groups is 1. The number of halogens is 6. The van der Waals surface area contributed by atoms with Gasteiger partial charge in [0.25, 0.3) is 0 Å². The Kier molecular flexibility index (Phi) is 5.17. The molecular formula is C21H10F6O2S2. The largest absolute Gasteiger partial charge is 0.506 e. The lowest BCUT2D eigenvalue weighted by Crippen LogP contribution is -2.05. The first-order valence-corrected chi connectivity index (χ1v) is 10.2. The summed E-state index contributed by atoms with van der Waals surface area (Å²) in [4.78, 5) is 13.1. The maximum Gasteiger partial charge on any atom is 0.416 e. The van der Waals surface area contributed by atoms with Crippen LogP contribution in [0.1, 0.15) is 26.4 Å². The number of rotatable bonds is 2. The summed E-state index contributed by atoms with van der Waals surface area (Å²) >= 11 is 1.85. The van der Waals surface area contributed by atoms with Crippen LogP contribution in [0.15, 0.2) is 58.4 Å². The highest BCUT2D eigenvalue weighted by molar-refractivity contribution is 8.04. The van der Waals surface area contributed by atoms with Crippen molar-refractivity contribution in [3.8, 4) is 5.75 Å². The standard InChI is InChI=1S/C21H10F6O2S2/c22-20(23,24)10-4-6-12-16(8-10)30-14(18(12)28)2-1-3-15-19(29)13-7-5-11(21(25,26)27)9-17(13)31-15/h1-9,28H/b2-1+,15-3+. The highest BCUT2D eigenvalue weighted by atomic mass is 32.2. The molecule has 3 aromatic rings. The minimum atomic E-state index is -4.52. The number of ketones is 1. The summed E-state index contributed by atoms with van der Waals surface area (Å²) < 4.78 is 77.4. The van der Waals surface area contributed by atoms with E-state index in [2.05, 4.69) is 0 Å². The van der Waals surface area contributed by atoms with Gasteiger partial charge in [-0.25, -0.2) is 0 Å². The van der Waals surface area contributed by atoms with Gasteiger partial charge >= 0.3 is 12.4 Å². The normalized spacial score (nSPS) is 16.1. The number of Topliss-reactive ketones (excluding diaryl/α,β-unsaturated/α-hetero) is 1. The molecule has 160 valence electrons. The van der Waals surface area contributed by atoms with E-state index in [1.807, 2.05) is 0 Å².